The minimum Gasteiger partial charge on any atom is -0.485 e. The Kier molecular flexibility index (Phi) is 3.13. The molecule has 0 radical (unpaired) electrons. The van der Waals surface area contributed by atoms with Crippen molar-refractivity contribution in [3.8, 4) is 5.75 Å². The Hall–Kier alpha value is -1.97. The Labute approximate surface area is 131 Å². The first-order chi connectivity index (χ1) is 10.6. The number of nitrogens with zero attached hydrogens (tertiary/aromatic N) is 2. The number of aryl methyl sites for hydroxylation is 2. The molecule has 3 heterocycles. The minimum atomic E-state index is -0.0807. The van der Waals surface area contributed by atoms with Crippen LogP contribution in [0, 0.1) is 0 Å². The molecule has 0 amide bonds. The number of rotatable bonds is 3. The zero-order chi connectivity index (χ0) is 15.2. The fraction of sp³-hybridized carbons (Fsp3) is 0.500. The maximum atomic E-state index is 6.23. The van der Waals surface area contributed by atoms with Crippen molar-refractivity contribution in [3.63, 3.8) is 0 Å². The van der Waals surface area contributed by atoms with Crippen LogP contribution in [0.2, 0.25) is 0 Å². The fourth-order valence-electron chi connectivity index (χ4n) is 3.45. The van der Waals surface area contributed by atoms with Gasteiger partial charge in [0.05, 0.1) is 24.1 Å². The second-order valence-electron chi connectivity index (χ2n) is 6.93. The lowest BCUT2D eigenvalue weighted by Gasteiger charge is -2.34. The van der Waals surface area contributed by atoms with Crippen molar-refractivity contribution in [2.24, 2.45) is 0 Å². The summed E-state index contributed by atoms with van der Waals surface area (Å²) < 4.78 is 8.57. The molecule has 116 valence electrons. The number of ether oxygens (including phenoxy) is 1. The number of hydrogen-bond donors (Lipinski definition) is 1. The second-order valence-corrected chi connectivity index (χ2v) is 6.93. The molecular formula is C18H23N3O. The van der Waals surface area contributed by atoms with Crippen molar-refractivity contribution in [2.45, 2.75) is 58.2 Å². The number of para-hydroxylation sites is 1. The maximum Gasteiger partial charge on any atom is 0.146 e. The standard InChI is InChI=1S/C18H23N3O/c1-18(2)9-8-13-5-3-6-15(17(13)22-18)19-11-14-12-20-16-7-4-10-21(14)16/h3,5-6,12,19H,4,7-11H2,1-2H3. The topological polar surface area (TPSA) is 39.1 Å². The summed E-state index contributed by atoms with van der Waals surface area (Å²) in [5.41, 5.74) is 3.59. The highest BCUT2D eigenvalue weighted by Gasteiger charge is 2.28. The summed E-state index contributed by atoms with van der Waals surface area (Å²) in [5, 5.41) is 3.56. The smallest absolute Gasteiger partial charge is 0.146 e. The van der Waals surface area contributed by atoms with Crippen LogP contribution < -0.4 is 10.1 Å². The fourth-order valence-corrected chi connectivity index (χ4v) is 3.45. The van der Waals surface area contributed by atoms with Gasteiger partial charge in [-0.05, 0) is 44.7 Å². The van der Waals surface area contributed by atoms with E-state index in [1.807, 2.05) is 6.20 Å². The lowest BCUT2D eigenvalue weighted by Crippen LogP contribution is -2.33. The van der Waals surface area contributed by atoms with Gasteiger partial charge in [-0.2, -0.15) is 0 Å². The first-order valence-electron chi connectivity index (χ1n) is 8.20. The zero-order valence-electron chi connectivity index (χ0n) is 13.4. The van der Waals surface area contributed by atoms with Gasteiger partial charge >= 0.3 is 0 Å². The van der Waals surface area contributed by atoms with Crippen LogP contribution in [0.3, 0.4) is 0 Å². The monoisotopic (exact) mass is 297 g/mol. The van der Waals surface area contributed by atoms with Crippen molar-refractivity contribution in [2.75, 3.05) is 5.32 Å². The number of benzene rings is 1. The summed E-state index contributed by atoms with van der Waals surface area (Å²) in [5.74, 6) is 2.25. The van der Waals surface area contributed by atoms with Crippen molar-refractivity contribution < 1.29 is 4.74 Å². The molecule has 4 nitrogen and oxygen atoms in total. The Bertz CT molecular complexity index is 702. The van der Waals surface area contributed by atoms with Gasteiger partial charge in [0.25, 0.3) is 0 Å². The lowest BCUT2D eigenvalue weighted by atomic mass is 9.94. The molecule has 0 saturated carbocycles. The van der Waals surface area contributed by atoms with Crippen LogP contribution >= 0.6 is 0 Å². The largest absolute Gasteiger partial charge is 0.485 e. The predicted octanol–water partition coefficient (Wildman–Crippen LogP) is 3.55. The molecule has 1 N–H and O–H groups in total. The molecular weight excluding hydrogens is 274 g/mol. The van der Waals surface area contributed by atoms with Crippen molar-refractivity contribution in [1.29, 1.82) is 0 Å². The highest BCUT2D eigenvalue weighted by atomic mass is 16.5. The summed E-state index contributed by atoms with van der Waals surface area (Å²) in [4.78, 5) is 4.51. The molecule has 0 bridgehead atoms. The van der Waals surface area contributed by atoms with Crippen molar-refractivity contribution >= 4 is 5.69 Å². The van der Waals surface area contributed by atoms with Crippen molar-refractivity contribution in [1.82, 2.24) is 9.55 Å². The number of aromatic nitrogens is 2. The average molecular weight is 297 g/mol. The Balaban J connectivity index is 1.56. The van der Waals surface area contributed by atoms with Gasteiger partial charge in [-0.25, -0.2) is 4.98 Å². The molecule has 0 spiro atoms. The van der Waals surface area contributed by atoms with Crippen LogP contribution in [0.15, 0.2) is 24.4 Å². The van der Waals surface area contributed by atoms with Crippen LogP contribution in [-0.2, 0) is 25.9 Å². The van der Waals surface area contributed by atoms with E-state index in [-0.39, 0.29) is 5.60 Å². The molecule has 1 aromatic heterocycles. The van der Waals surface area contributed by atoms with Gasteiger partial charge in [-0.1, -0.05) is 12.1 Å². The third-order valence-electron chi connectivity index (χ3n) is 4.73. The van der Waals surface area contributed by atoms with E-state index in [0.717, 1.165) is 43.8 Å². The minimum absolute atomic E-state index is 0.0807. The third kappa shape index (κ3) is 2.36. The molecule has 2 aliphatic heterocycles. The van der Waals surface area contributed by atoms with Gasteiger partial charge in [-0.15, -0.1) is 0 Å². The molecule has 1 aromatic carbocycles. The summed E-state index contributed by atoms with van der Waals surface area (Å²) in [6.07, 6.45) is 6.48. The Morgan fingerprint density at radius 1 is 1.32 bits per heavy atom. The third-order valence-corrected chi connectivity index (χ3v) is 4.73. The molecule has 4 rings (SSSR count). The van der Waals surface area contributed by atoms with Gasteiger partial charge in [0.1, 0.15) is 17.2 Å². The maximum absolute atomic E-state index is 6.23. The predicted molar refractivity (Wildman–Crippen MR) is 87.3 cm³/mol. The molecule has 0 atom stereocenters. The first-order valence-corrected chi connectivity index (χ1v) is 8.20. The number of anilines is 1. The van der Waals surface area contributed by atoms with E-state index in [0.29, 0.717) is 0 Å². The summed E-state index contributed by atoms with van der Waals surface area (Å²) in [6, 6.07) is 6.40. The zero-order valence-corrected chi connectivity index (χ0v) is 13.4. The van der Waals surface area contributed by atoms with Gasteiger partial charge in [0.2, 0.25) is 0 Å². The molecule has 0 saturated heterocycles. The number of hydrogen-bond acceptors (Lipinski definition) is 3. The highest BCUT2D eigenvalue weighted by Crippen LogP contribution is 2.38. The average Bonchev–Trinajstić information content (AvgIpc) is 3.08. The van der Waals surface area contributed by atoms with E-state index in [2.05, 4.69) is 46.9 Å². The molecule has 0 fully saturated rings. The van der Waals surface area contributed by atoms with E-state index in [1.165, 1.54) is 23.5 Å². The van der Waals surface area contributed by atoms with Gasteiger partial charge < -0.3 is 14.6 Å². The van der Waals surface area contributed by atoms with E-state index in [4.69, 9.17) is 4.74 Å². The SMILES string of the molecule is CC1(C)CCc2cccc(NCc3cnc4n3CCC4)c2O1. The highest BCUT2D eigenvalue weighted by molar-refractivity contribution is 5.61. The summed E-state index contributed by atoms with van der Waals surface area (Å²) >= 11 is 0. The van der Waals surface area contributed by atoms with Crippen LogP contribution in [-0.4, -0.2) is 15.2 Å². The first kappa shape index (κ1) is 13.7. The Morgan fingerprint density at radius 3 is 3.14 bits per heavy atom. The van der Waals surface area contributed by atoms with Gasteiger partial charge in [-0.3, -0.25) is 0 Å². The van der Waals surface area contributed by atoms with E-state index in [1.54, 1.807) is 0 Å². The number of nitrogens with one attached hydrogen (secondary N) is 1. The number of imidazole rings is 1. The van der Waals surface area contributed by atoms with Crippen LogP contribution in [0.5, 0.6) is 5.75 Å². The number of fused-ring (bicyclic) bond motifs is 2. The van der Waals surface area contributed by atoms with Crippen LogP contribution in [0.4, 0.5) is 5.69 Å². The van der Waals surface area contributed by atoms with Crippen LogP contribution in [0.1, 0.15) is 43.8 Å². The van der Waals surface area contributed by atoms with E-state index >= 15 is 0 Å². The molecule has 22 heavy (non-hydrogen) atoms. The molecule has 2 aromatic rings. The summed E-state index contributed by atoms with van der Waals surface area (Å²) in [6.45, 7) is 6.23. The van der Waals surface area contributed by atoms with E-state index < -0.39 is 0 Å². The van der Waals surface area contributed by atoms with Gasteiger partial charge in [0.15, 0.2) is 0 Å². The molecule has 2 aliphatic rings. The van der Waals surface area contributed by atoms with Crippen LogP contribution in [0.25, 0.3) is 0 Å². The molecule has 4 heteroatoms. The summed E-state index contributed by atoms with van der Waals surface area (Å²) in [7, 11) is 0. The Morgan fingerprint density at radius 2 is 2.23 bits per heavy atom. The van der Waals surface area contributed by atoms with Gasteiger partial charge in [0, 0.05) is 13.0 Å². The normalized spacial score (nSPS) is 18.5. The van der Waals surface area contributed by atoms with E-state index in [9.17, 15) is 0 Å². The molecule has 0 unspecified atom stereocenters. The molecule has 0 aliphatic carbocycles. The van der Waals surface area contributed by atoms with Crippen molar-refractivity contribution in [3.05, 3.63) is 41.5 Å². The second kappa shape index (κ2) is 5.04. The lowest BCUT2D eigenvalue weighted by molar-refractivity contribution is 0.0856. The quantitative estimate of drug-likeness (QED) is 0.941.